The van der Waals surface area contributed by atoms with Crippen molar-refractivity contribution in [1.29, 1.82) is 10.5 Å². The minimum absolute atomic E-state index is 0.135. The van der Waals surface area contributed by atoms with E-state index in [1.807, 2.05) is 52.0 Å². The van der Waals surface area contributed by atoms with Crippen molar-refractivity contribution in [3.05, 3.63) is 69.3 Å². The predicted octanol–water partition coefficient (Wildman–Crippen LogP) is 6.50. The maximum absolute atomic E-state index is 12.4. The van der Waals surface area contributed by atoms with E-state index in [0.717, 1.165) is 11.3 Å². The lowest BCUT2D eigenvalue weighted by molar-refractivity contribution is 0.0126. The molecule has 13 heteroatoms. The van der Waals surface area contributed by atoms with Crippen molar-refractivity contribution in [2.45, 2.75) is 58.3 Å². The van der Waals surface area contributed by atoms with Gasteiger partial charge in [0.1, 0.15) is 57.7 Å². The zero-order chi connectivity index (χ0) is 32.5. The Morgan fingerprint density at radius 3 is 2.44 bits per heavy atom. The van der Waals surface area contributed by atoms with Gasteiger partial charge in [-0.3, -0.25) is 9.36 Å². The molecule has 0 spiro atoms. The number of halogens is 1. The molecule has 2 N–H and O–H groups in total. The molecule has 2 aromatic heterocycles. The Hall–Kier alpha value is -4.78. The summed E-state index contributed by atoms with van der Waals surface area (Å²) in [4.78, 5) is 31.1. The Morgan fingerprint density at radius 2 is 1.80 bits per heavy atom. The highest BCUT2D eigenvalue weighted by Crippen LogP contribution is 2.39. The van der Waals surface area contributed by atoms with E-state index in [9.17, 15) is 20.1 Å². The fourth-order valence-corrected chi connectivity index (χ4v) is 6.26. The molecule has 11 nitrogen and oxygen atoms in total. The molecule has 1 saturated heterocycles. The molecule has 0 saturated carbocycles. The quantitative estimate of drug-likeness (QED) is 0.238. The summed E-state index contributed by atoms with van der Waals surface area (Å²) in [7, 11) is 0. The molecule has 2 aromatic carbocycles. The molecule has 0 unspecified atom stereocenters. The second kappa shape index (κ2) is 12.7. The minimum atomic E-state index is -0.664. The lowest BCUT2D eigenvalue weighted by Gasteiger charge is -2.33. The van der Waals surface area contributed by atoms with Crippen LogP contribution in [0.2, 0.25) is 5.02 Å². The molecule has 45 heavy (non-hydrogen) atoms. The van der Waals surface area contributed by atoms with Crippen LogP contribution >= 0.6 is 22.9 Å². The maximum atomic E-state index is 12.4. The summed E-state index contributed by atoms with van der Waals surface area (Å²) in [6.45, 7) is 8.35. The number of primary amides is 1. The van der Waals surface area contributed by atoms with E-state index in [1.54, 1.807) is 40.1 Å². The average Bonchev–Trinajstić information content (AvgIpc) is 3.60. The summed E-state index contributed by atoms with van der Waals surface area (Å²) in [5.74, 6) is 0.0996. The first kappa shape index (κ1) is 31.6. The Balaban J connectivity index is 1.33. The molecule has 0 aliphatic carbocycles. The monoisotopic (exact) mass is 646 g/mol. The molecule has 1 aliphatic heterocycles. The normalized spacial score (nSPS) is 14.4. The number of rotatable bonds is 7. The summed E-state index contributed by atoms with van der Waals surface area (Å²) in [6, 6.07) is 14.3. The molecule has 1 aliphatic rings. The number of aromatic nitrogens is 2. The van der Waals surface area contributed by atoms with Gasteiger partial charge in [-0.05, 0) is 45.9 Å². The lowest BCUT2D eigenvalue weighted by atomic mass is 10.1. The Kier molecular flexibility index (Phi) is 8.91. The number of nitrogens with zero attached hydrogens (tertiary/aromatic N) is 5. The first-order valence-electron chi connectivity index (χ1n) is 14.2. The highest BCUT2D eigenvalue weighted by molar-refractivity contribution is 7.16. The Bertz CT molecular complexity index is 1860. The van der Waals surface area contributed by atoms with Crippen molar-refractivity contribution < 1.29 is 23.8 Å². The number of likely N-dealkylation sites (tertiary alicyclic amines) is 1. The molecular formula is C32H31ClN6O5S. The molecule has 1 fully saturated rings. The number of hydrogen-bond acceptors (Lipinski definition) is 9. The van der Waals surface area contributed by atoms with E-state index in [4.69, 9.17) is 31.5 Å². The summed E-state index contributed by atoms with van der Waals surface area (Å²) in [6.07, 6.45) is 1.75. The number of hydrogen-bond donors (Lipinski definition) is 1. The number of piperidine rings is 1. The Morgan fingerprint density at radius 1 is 1.11 bits per heavy atom. The highest BCUT2D eigenvalue weighted by atomic mass is 35.5. The van der Waals surface area contributed by atoms with Gasteiger partial charge in [0.05, 0.1) is 27.2 Å². The van der Waals surface area contributed by atoms with Gasteiger partial charge in [-0.25, -0.2) is 9.78 Å². The fraction of sp³-hybridized carbons (Fsp3) is 0.344. The van der Waals surface area contributed by atoms with Crippen LogP contribution in [-0.2, 0) is 4.74 Å². The van der Waals surface area contributed by atoms with Gasteiger partial charge >= 0.3 is 6.09 Å². The first-order chi connectivity index (χ1) is 21.4. The van der Waals surface area contributed by atoms with Crippen molar-refractivity contribution >= 4 is 46.0 Å². The minimum Gasteiger partial charge on any atom is -0.489 e. The maximum Gasteiger partial charge on any atom is 0.410 e. The second-order valence-corrected chi connectivity index (χ2v) is 13.0. The van der Waals surface area contributed by atoms with Crippen molar-refractivity contribution in [2.24, 2.45) is 5.73 Å². The van der Waals surface area contributed by atoms with Gasteiger partial charge in [-0.1, -0.05) is 23.7 Å². The standard InChI is InChI=1S/C32H31ClN6O5S/c1-18(22-6-5-7-25(28(22)33)43-21-8-10-38(11-9-21)31(41)44-32(2,3)4)42-26-14-27(45-29(26)30(36)40)39-17-37-23-12-19(15-34)20(16-35)13-24(23)39/h5-7,12-14,17-18,21H,8-11H2,1-4H3,(H2,36,40)/t18-/m1/s1. The summed E-state index contributed by atoms with van der Waals surface area (Å²) < 4.78 is 19.7. The van der Waals surface area contributed by atoms with Crippen LogP contribution in [-0.4, -0.2) is 51.2 Å². The van der Waals surface area contributed by atoms with Gasteiger partial charge < -0.3 is 24.8 Å². The number of thiophene rings is 1. The topological polar surface area (TPSA) is 156 Å². The average molecular weight is 647 g/mol. The number of amides is 2. The van der Waals surface area contributed by atoms with Gasteiger partial charge in [-0.2, -0.15) is 10.5 Å². The smallest absolute Gasteiger partial charge is 0.410 e. The predicted molar refractivity (Wildman–Crippen MR) is 169 cm³/mol. The third-order valence-electron chi connectivity index (χ3n) is 7.20. The van der Waals surface area contributed by atoms with Crippen molar-refractivity contribution in [1.82, 2.24) is 14.5 Å². The second-order valence-electron chi connectivity index (χ2n) is 11.6. The van der Waals surface area contributed by atoms with Crippen LogP contribution in [0, 0.1) is 22.7 Å². The number of carbonyl (C=O) groups excluding carboxylic acids is 2. The molecule has 0 bridgehead atoms. The van der Waals surface area contributed by atoms with Crippen LogP contribution in [0.5, 0.6) is 11.5 Å². The number of nitriles is 2. The molecule has 1 atom stereocenters. The van der Waals surface area contributed by atoms with Crippen LogP contribution in [0.3, 0.4) is 0 Å². The van der Waals surface area contributed by atoms with Crippen LogP contribution in [0.1, 0.15) is 73.0 Å². The number of nitrogens with two attached hydrogens (primary N) is 1. The van der Waals surface area contributed by atoms with Gasteiger partial charge in [0.15, 0.2) is 0 Å². The zero-order valence-corrected chi connectivity index (χ0v) is 26.7. The highest BCUT2D eigenvalue weighted by Gasteiger charge is 2.29. The molecule has 232 valence electrons. The van der Waals surface area contributed by atoms with Gasteiger partial charge in [-0.15, -0.1) is 11.3 Å². The number of ether oxygens (including phenoxy) is 3. The molecule has 5 rings (SSSR count). The van der Waals surface area contributed by atoms with E-state index >= 15 is 0 Å². The third-order valence-corrected chi connectivity index (χ3v) is 8.73. The fourth-order valence-electron chi connectivity index (χ4n) is 5.00. The summed E-state index contributed by atoms with van der Waals surface area (Å²) in [5, 5.41) is 19.8. The van der Waals surface area contributed by atoms with E-state index in [1.165, 1.54) is 0 Å². The molecule has 4 aromatic rings. The van der Waals surface area contributed by atoms with Crippen LogP contribution < -0.4 is 15.2 Å². The van der Waals surface area contributed by atoms with Crippen LogP contribution in [0.25, 0.3) is 16.0 Å². The summed E-state index contributed by atoms with van der Waals surface area (Å²) >= 11 is 7.93. The SMILES string of the molecule is C[C@@H](Oc1cc(-n2cnc3cc(C#N)c(C#N)cc32)sc1C(N)=O)c1cccc(OC2CCN(C(=O)OC(C)(C)C)CC2)c1Cl. The van der Waals surface area contributed by atoms with Gasteiger partial charge in [0, 0.05) is 37.6 Å². The molecule has 2 amide bonds. The van der Waals surface area contributed by atoms with Crippen molar-refractivity contribution in [2.75, 3.05) is 13.1 Å². The molecular weight excluding hydrogens is 616 g/mol. The van der Waals surface area contributed by atoms with E-state index < -0.39 is 17.6 Å². The Labute approximate surface area is 269 Å². The number of fused-ring (bicyclic) bond motifs is 1. The van der Waals surface area contributed by atoms with E-state index in [-0.39, 0.29) is 34.0 Å². The van der Waals surface area contributed by atoms with Gasteiger partial charge in [0.2, 0.25) is 0 Å². The number of benzene rings is 2. The number of imidazole rings is 1. The first-order valence-corrected chi connectivity index (χ1v) is 15.4. The van der Waals surface area contributed by atoms with E-state index in [0.29, 0.717) is 58.3 Å². The number of carbonyl (C=O) groups is 2. The summed E-state index contributed by atoms with van der Waals surface area (Å²) in [5.41, 5.74) is 7.37. The molecule has 0 radical (unpaired) electrons. The van der Waals surface area contributed by atoms with Crippen molar-refractivity contribution in [3.63, 3.8) is 0 Å². The zero-order valence-electron chi connectivity index (χ0n) is 25.2. The van der Waals surface area contributed by atoms with Crippen molar-refractivity contribution in [3.8, 4) is 28.6 Å². The van der Waals surface area contributed by atoms with Crippen LogP contribution in [0.15, 0.2) is 42.7 Å². The van der Waals surface area contributed by atoms with Gasteiger partial charge in [0.25, 0.3) is 5.91 Å². The lowest BCUT2D eigenvalue weighted by Crippen LogP contribution is -2.44. The van der Waals surface area contributed by atoms with Crippen LogP contribution in [0.4, 0.5) is 4.79 Å². The third kappa shape index (κ3) is 6.83. The largest absolute Gasteiger partial charge is 0.489 e. The molecule has 3 heterocycles. The van der Waals surface area contributed by atoms with E-state index in [2.05, 4.69) is 4.98 Å².